The van der Waals surface area contributed by atoms with Gasteiger partial charge in [-0.05, 0) is 30.3 Å². The number of nitrogens with zero attached hydrogens (tertiary/aromatic N) is 2. The van der Waals surface area contributed by atoms with Crippen LogP contribution in [0.25, 0.3) is 0 Å². The molecule has 2 aromatic rings. The summed E-state index contributed by atoms with van der Waals surface area (Å²) >= 11 is 1.15. The Morgan fingerprint density at radius 3 is 2.52 bits per heavy atom. The number of nitro benzene ring substituents is 1. The summed E-state index contributed by atoms with van der Waals surface area (Å²) in [5.41, 5.74) is 0.509. The van der Waals surface area contributed by atoms with Gasteiger partial charge in [0.1, 0.15) is 0 Å². The molecule has 0 bridgehead atoms. The number of carboxylic acid groups (broad SMARTS) is 1. The van der Waals surface area contributed by atoms with Crippen LogP contribution < -0.4 is 10.2 Å². The minimum absolute atomic E-state index is 0.0432. The summed E-state index contributed by atoms with van der Waals surface area (Å²) in [5, 5.41) is 21.2. The van der Waals surface area contributed by atoms with Gasteiger partial charge in [-0.15, -0.1) is 11.8 Å². The molecule has 11 heteroatoms. The standard InChI is InChI=1S/C20H15N3O7S/c24-17(8-9-19(26)27)21-12-2-1-3-15(10-12)31-16-11-18(25)22(20(16)28)13-4-6-14(7-5-13)23(29)30/h1-10,16H,11H2,(H,21,24)(H,26,27)/b9-8+. The molecule has 0 spiro atoms. The number of benzene rings is 2. The molecule has 1 fully saturated rings. The highest BCUT2D eigenvalue weighted by molar-refractivity contribution is 8.00. The first-order valence-electron chi connectivity index (χ1n) is 8.84. The van der Waals surface area contributed by atoms with Gasteiger partial charge in [0, 0.05) is 41.3 Å². The fourth-order valence-electron chi connectivity index (χ4n) is 2.83. The lowest BCUT2D eigenvalue weighted by molar-refractivity contribution is -0.384. The molecule has 0 radical (unpaired) electrons. The summed E-state index contributed by atoms with van der Waals surface area (Å²) in [4.78, 5) is 59.2. The van der Waals surface area contributed by atoms with Crippen LogP contribution in [-0.2, 0) is 19.2 Å². The molecule has 0 aliphatic carbocycles. The van der Waals surface area contributed by atoms with Crippen molar-refractivity contribution >= 4 is 52.5 Å². The molecule has 3 amide bonds. The van der Waals surface area contributed by atoms with E-state index in [-0.39, 0.29) is 17.8 Å². The lowest BCUT2D eigenvalue weighted by atomic mass is 10.2. The highest BCUT2D eigenvalue weighted by Crippen LogP contribution is 2.35. The summed E-state index contributed by atoms with van der Waals surface area (Å²) in [6.45, 7) is 0. The van der Waals surface area contributed by atoms with E-state index in [4.69, 9.17) is 5.11 Å². The van der Waals surface area contributed by atoms with Crippen molar-refractivity contribution in [3.8, 4) is 0 Å². The third-order valence-electron chi connectivity index (χ3n) is 4.18. The van der Waals surface area contributed by atoms with Crippen LogP contribution >= 0.6 is 11.8 Å². The zero-order valence-corrected chi connectivity index (χ0v) is 16.6. The lowest BCUT2D eigenvalue weighted by Crippen LogP contribution is -2.31. The second-order valence-corrected chi connectivity index (χ2v) is 7.62. The van der Waals surface area contributed by atoms with Crippen molar-refractivity contribution in [3.63, 3.8) is 0 Å². The fraction of sp³-hybridized carbons (Fsp3) is 0.100. The van der Waals surface area contributed by atoms with Crippen LogP contribution in [0.15, 0.2) is 65.6 Å². The molecule has 0 saturated carbocycles. The number of hydrogen-bond donors (Lipinski definition) is 2. The predicted octanol–water partition coefficient (Wildman–Crippen LogP) is 2.60. The van der Waals surface area contributed by atoms with Gasteiger partial charge in [-0.3, -0.25) is 24.5 Å². The molecule has 1 aliphatic heterocycles. The predicted molar refractivity (Wildman–Crippen MR) is 112 cm³/mol. The largest absolute Gasteiger partial charge is 0.478 e. The first-order valence-corrected chi connectivity index (χ1v) is 9.72. The van der Waals surface area contributed by atoms with Crippen LogP contribution in [0, 0.1) is 10.1 Å². The number of rotatable bonds is 7. The van der Waals surface area contributed by atoms with Crippen molar-refractivity contribution in [2.24, 2.45) is 0 Å². The number of carbonyl (C=O) groups is 4. The number of thioether (sulfide) groups is 1. The Labute approximate surface area is 179 Å². The van der Waals surface area contributed by atoms with E-state index in [1.165, 1.54) is 24.3 Å². The van der Waals surface area contributed by atoms with E-state index in [1.807, 2.05) is 0 Å². The zero-order valence-electron chi connectivity index (χ0n) is 15.8. The minimum atomic E-state index is -1.25. The van der Waals surface area contributed by atoms with Gasteiger partial charge in [0.25, 0.3) is 5.69 Å². The molecule has 1 heterocycles. The number of non-ortho nitro benzene ring substituents is 1. The van der Waals surface area contributed by atoms with Gasteiger partial charge in [-0.2, -0.15) is 0 Å². The number of imide groups is 1. The average Bonchev–Trinajstić information content (AvgIpc) is 2.99. The number of anilines is 2. The molecule has 1 unspecified atom stereocenters. The number of carbonyl (C=O) groups excluding carboxylic acids is 3. The molecule has 2 aromatic carbocycles. The Morgan fingerprint density at radius 2 is 1.87 bits per heavy atom. The number of carboxylic acids is 1. The topological polar surface area (TPSA) is 147 Å². The van der Waals surface area contributed by atoms with Gasteiger partial charge in [-0.25, -0.2) is 9.69 Å². The van der Waals surface area contributed by atoms with E-state index in [2.05, 4.69) is 5.32 Å². The smallest absolute Gasteiger partial charge is 0.328 e. The summed E-state index contributed by atoms with van der Waals surface area (Å²) in [6, 6.07) is 11.7. The first-order chi connectivity index (χ1) is 14.7. The van der Waals surface area contributed by atoms with Crippen molar-refractivity contribution in [1.29, 1.82) is 0 Å². The third-order valence-corrected chi connectivity index (χ3v) is 5.36. The number of aliphatic carboxylic acids is 1. The maximum atomic E-state index is 12.8. The van der Waals surface area contributed by atoms with E-state index in [0.29, 0.717) is 16.7 Å². The molecule has 10 nitrogen and oxygen atoms in total. The molecular formula is C20H15N3O7S. The van der Waals surface area contributed by atoms with Crippen LogP contribution in [-0.4, -0.2) is 39.0 Å². The SMILES string of the molecule is O=C(O)/C=C/C(=O)Nc1cccc(SC2CC(=O)N(c3ccc([N+](=O)[O-])cc3)C2=O)c1. The number of hydrogen-bond acceptors (Lipinski definition) is 7. The van der Waals surface area contributed by atoms with Crippen LogP contribution in [0.5, 0.6) is 0 Å². The summed E-state index contributed by atoms with van der Waals surface area (Å²) < 4.78 is 0. The Kier molecular flexibility index (Phi) is 6.46. The van der Waals surface area contributed by atoms with Gasteiger partial charge < -0.3 is 10.4 Å². The average molecular weight is 441 g/mol. The first kappa shape index (κ1) is 21.7. The number of nitro groups is 1. The van der Waals surface area contributed by atoms with Gasteiger partial charge in [0.05, 0.1) is 15.9 Å². The number of amides is 3. The maximum Gasteiger partial charge on any atom is 0.328 e. The van der Waals surface area contributed by atoms with E-state index >= 15 is 0 Å². The van der Waals surface area contributed by atoms with E-state index < -0.39 is 33.9 Å². The Balaban J connectivity index is 1.70. The molecule has 1 aliphatic rings. The van der Waals surface area contributed by atoms with Crippen LogP contribution in [0.3, 0.4) is 0 Å². The van der Waals surface area contributed by atoms with E-state index in [1.54, 1.807) is 24.3 Å². The van der Waals surface area contributed by atoms with Gasteiger partial charge in [0.15, 0.2) is 0 Å². The van der Waals surface area contributed by atoms with Crippen LogP contribution in [0.4, 0.5) is 17.1 Å². The van der Waals surface area contributed by atoms with Crippen molar-refractivity contribution in [2.75, 3.05) is 10.2 Å². The maximum absolute atomic E-state index is 12.8. The summed E-state index contributed by atoms with van der Waals surface area (Å²) in [6.07, 6.45) is 1.55. The summed E-state index contributed by atoms with van der Waals surface area (Å²) in [7, 11) is 0. The monoisotopic (exact) mass is 441 g/mol. The Hall–Kier alpha value is -3.99. The van der Waals surface area contributed by atoms with E-state index in [0.717, 1.165) is 22.7 Å². The fourth-order valence-corrected chi connectivity index (χ4v) is 3.95. The number of nitrogens with one attached hydrogen (secondary N) is 1. The van der Waals surface area contributed by atoms with Crippen molar-refractivity contribution in [1.82, 2.24) is 0 Å². The van der Waals surface area contributed by atoms with Crippen molar-refractivity contribution < 1.29 is 29.2 Å². The minimum Gasteiger partial charge on any atom is -0.478 e. The molecule has 0 aromatic heterocycles. The van der Waals surface area contributed by atoms with Crippen molar-refractivity contribution in [3.05, 3.63) is 70.8 Å². The second-order valence-electron chi connectivity index (χ2n) is 6.34. The highest BCUT2D eigenvalue weighted by atomic mass is 32.2. The quantitative estimate of drug-likeness (QED) is 0.288. The third kappa shape index (κ3) is 5.34. The van der Waals surface area contributed by atoms with Crippen LogP contribution in [0.1, 0.15) is 6.42 Å². The van der Waals surface area contributed by atoms with Crippen LogP contribution in [0.2, 0.25) is 0 Å². The van der Waals surface area contributed by atoms with Gasteiger partial charge in [0.2, 0.25) is 17.7 Å². The highest BCUT2D eigenvalue weighted by Gasteiger charge is 2.40. The van der Waals surface area contributed by atoms with Crippen molar-refractivity contribution in [2.45, 2.75) is 16.6 Å². The molecule has 2 N–H and O–H groups in total. The second kappa shape index (κ2) is 9.22. The molecule has 158 valence electrons. The normalized spacial score (nSPS) is 16.0. The summed E-state index contributed by atoms with van der Waals surface area (Å²) in [5.74, 6) is -2.73. The van der Waals surface area contributed by atoms with E-state index in [9.17, 15) is 29.3 Å². The molecule has 3 rings (SSSR count). The molecule has 1 saturated heterocycles. The Bertz CT molecular complexity index is 1100. The lowest BCUT2D eigenvalue weighted by Gasteiger charge is -2.15. The van der Waals surface area contributed by atoms with Gasteiger partial charge >= 0.3 is 5.97 Å². The Morgan fingerprint density at radius 1 is 1.16 bits per heavy atom. The zero-order chi connectivity index (χ0) is 22.5. The molecule has 1 atom stereocenters. The molecular weight excluding hydrogens is 426 g/mol. The van der Waals surface area contributed by atoms with Gasteiger partial charge in [-0.1, -0.05) is 6.07 Å². The molecule has 31 heavy (non-hydrogen) atoms.